The Labute approximate surface area is 75.9 Å². The Morgan fingerprint density at radius 3 is 2.46 bits per heavy atom. The number of nitrogens with two attached hydrogens (primary N) is 1. The van der Waals surface area contributed by atoms with E-state index in [0.29, 0.717) is 0 Å². The molecule has 1 aliphatic rings. The molecule has 0 aromatic rings. The highest BCUT2D eigenvalue weighted by molar-refractivity contribution is 4.91. The summed E-state index contributed by atoms with van der Waals surface area (Å²) in [7, 11) is 1.38. The lowest BCUT2D eigenvalue weighted by Gasteiger charge is -2.39. The second kappa shape index (κ2) is 4.32. The van der Waals surface area contributed by atoms with Crippen LogP contribution in [0.25, 0.3) is 0 Å². The monoisotopic (exact) mass is 193 g/mol. The third-order valence-corrected chi connectivity index (χ3v) is 2.16. The summed E-state index contributed by atoms with van der Waals surface area (Å²) in [6.45, 7) is -0.384. The molecule has 0 aromatic carbocycles. The first kappa shape index (κ1) is 10.8. The molecular weight excluding hydrogens is 178 g/mol. The van der Waals surface area contributed by atoms with Gasteiger partial charge in [-0.1, -0.05) is 0 Å². The van der Waals surface area contributed by atoms with Crippen LogP contribution in [0.5, 0.6) is 0 Å². The van der Waals surface area contributed by atoms with Crippen LogP contribution in [-0.4, -0.2) is 59.7 Å². The summed E-state index contributed by atoms with van der Waals surface area (Å²) in [5.41, 5.74) is 5.50. The van der Waals surface area contributed by atoms with Crippen molar-refractivity contribution >= 4 is 0 Å². The van der Waals surface area contributed by atoms with E-state index in [0.717, 1.165) is 0 Å². The van der Waals surface area contributed by atoms with Crippen molar-refractivity contribution in [3.05, 3.63) is 0 Å². The van der Waals surface area contributed by atoms with E-state index in [1.54, 1.807) is 0 Å². The van der Waals surface area contributed by atoms with Gasteiger partial charge in [0.2, 0.25) is 0 Å². The lowest BCUT2D eigenvalue weighted by Crippen LogP contribution is -2.62. The molecule has 0 aliphatic carbocycles. The van der Waals surface area contributed by atoms with Crippen LogP contribution in [0.3, 0.4) is 0 Å². The first-order chi connectivity index (χ1) is 6.11. The van der Waals surface area contributed by atoms with Gasteiger partial charge < -0.3 is 30.5 Å². The fourth-order valence-corrected chi connectivity index (χ4v) is 1.32. The highest BCUT2D eigenvalue weighted by Crippen LogP contribution is 2.19. The van der Waals surface area contributed by atoms with Gasteiger partial charge in [-0.3, -0.25) is 0 Å². The first-order valence-corrected chi connectivity index (χ1v) is 4.02. The molecule has 6 nitrogen and oxygen atoms in total. The Kier molecular flexibility index (Phi) is 3.60. The van der Waals surface area contributed by atoms with E-state index in [1.807, 2.05) is 0 Å². The van der Waals surface area contributed by atoms with E-state index < -0.39 is 30.6 Å². The Bertz CT molecular complexity index is 147. The summed E-state index contributed by atoms with van der Waals surface area (Å²) in [6.07, 6.45) is -3.96. The summed E-state index contributed by atoms with van der Waals surface area (Å²) < 4.78 is 9.90. The summed E-state index contributed by atoms with van der Waals surface area (Å²) in [4.78, 5) is 0. The second-order valence-corrected chi connectivity index (χ2v) is 3.02. The van der Waals surface area contributed by atoms with Crippen LogP contribution in [0.4, 0.5) is 0 Å². The van der Waals surface area contributed by atoms with E-state index in [9.17, 15) is 10.2 Å². The van der Waals surface area contributed by atoms with Crippen LogP contribution in [0.15, 0.2) is 0 Å². The Hall–Kier alpha value is -0.240. The SMILES string of the molecule is CO[C@@H]1OC(CO)[C@@H](O)[C@H](O)C1N. The molecule has 0 amide bonds. The zero-order valence-corrected chi connectivity index (χ0v) is 7.33. The Morgan fingerprint density at radius 1 is 1.38 bits per heavy atom. The van der Waals surface area contributed by atoms with Crippen LogP contribution in [0, 0.1) is 0 Å². The zero-order chi connectivity index (χ0) is 10.0. The molecule has 5 N–H and O–H groups in total. The van der Waals surface area contributed by atoms with Gasteiger partial charge in [-0.15, -0.1) is 0 Å². The minimum absolute atomic E-state index is 0.384. The lowest BCUT2D eigenvalue weighted by molar-refractivity contribution is -0.257. The molecule has 0 radical (unpaired) electrons. The van der Waals surface area contributed by atoms with Crippen LogP contribution < -0.4 is 5.73 Å². The second-order valence-electron chi connectivity index (χ2n) is 3.02. The maximum absolute atomic E-state index is 9.40. The van der Waals surface area contributed by atoms with Crippen molar-refractivity contribution in [1.82, 2.24) is 0 Å². The molecule has 13 heavy (non-hydrogen) atoms. The maximum Gasteiger partial charge on any atom is 0.175 e. The molecule has 1 heterocycles. The van der Waals surface area contributed by atoms with Gasteiger partial charge in [-0.05, 0) is 0 Å². The van der Waals surface area contributed by atoms with Gasteiger partial charge in [0.25, 0.3) is 0 Å². The molecule has 6 heteroatoms. The molecule has 1 aliphatic heterocycles. The van der Waals surface area contributed by atoms with Crippen molar-refractivity contribution in [3.63, 3.8) is 0 Å². The number of aliphatic hydroxyl groups is 3. The number of hydrogen-bond acceptors (Lipinski definition) is 6. The Morgan fingerprint density at radius 2 is 2.00 bits per heavy atom. The van der Waals surface area contributed by atoms with Gasteiger partial charge in [-0.25, -0.2) is 0 Å². The minimum atomic E-state index is -1.17. The summed E-state index contributed by atoms with van der Waals surface area (Å²) in [5, 5.41) is 27.5. The quantitative estimate of drug-likeness (QED) is 0.383. The van der Waals surface area contributed by atoms with Crippen molar-refractivity contribution in [3.8, 4) is 0 Å². The highest BCUT2D eigenvalue weighted by atomic mass is 16.7. The van der Waals surface area contributed by atoms with Crippen LogP contribution >= 0.6 is 0 Å². The maximum atomic E-state index is 9.40. The average molecular weight is 193 g/mol. The Balaban J connectivity index is 2.66. The molecule has 2 unspecified atom stereocenters. The van der Waals surface area contributed by atoms with E-state index >= 15 is 0 Å². The van der Waals surface area contributed by atoms with Gasteiger partial charge in [0.15, 0.2) is 6.29 Å². The van der Waals surface area contributed by atoms with E-state index in [-0.39, 0.29) is 6.61 Å². The number of hydrogen-bond donors (Lipinski definition) is 4. The molecule has 1 fully saturated rings. The lowest BCUT2D eigenvalue weighted by atomic mass is 9.98. The summed E-state index contributed by atoms with van der Waals surface area (Å²) >= 11 is 0. The summed E-state index contributed by atoms with van der Waals surface area (Å²) in [6, 6.07) is -0.803. The fourth-order valence-electron chi connectivity index (χ4n) is 1.32. The smallest absolute Gasteiger partial charge is 0.175 e. The van der Waals surface area contributed by atoms with Gasteiger partial charge >= 0.3 is 0 Å². The van der Waals surface area contributed by atoms with Crippen LogP contribution in [0.1, 0.15) is 0 Å². The predicted octanol–water partition coefficient (Wildman–Crippen LogP) is -2.60. The number of methoxy groups -OCH3 is 1. The summed E-state index contributed by atoms with van der Waals surface area (Å²) in [5.74, 6) is 0. The number of ether oxygens (including phenoxy) is 2. The molecule has 0 saturated carbocycles. The molecule has 1 saturated heterocycles. The third kappa shape index (κ3) is 1.98. The van der Waals surface area contributed by atoms with Crippen LogP contribution in [0.2, 0.25) is 0 Å². The first-order valence-electron chi connectivity index (χ1n) is 4.02. The van der Waals surface area contributed by atoms with Crippen molar-refractivity contribution in [2.45, 2.75) is 30.6 Å². The molecule has 1 rings (SSSR count). The van der Waals surface area contributed by atoms with Gasteiger partial charge in [0, 0.05) is 7.11 Å². The van der Waals surface area contributed by atoms with E-state index in [2.05, 4.69) is 0 Å². The molecule has 0 spiro atoms. The normalized spacial score (nSPS) is 46.4. The van der Waals surface area contributed by atoms with Crippen molar-refractivity contribution in [1.29, 1.82) is 0 Å². The average Bonchev–Trinajstić information content (AvgIpc) is 2.15. The van der Waals surface area contributed by atoms with Crippen molar-refractivity contribution in [2.75, 3.05) is 13.7 Å². The molecule has 78 valence electrons. The highest BCUT2D eigenvalue weighted by Gasteiger charge is 2.42. The number of rotatable bonds is 2. The zero-order valence-electron chi connectivity index (χ0n) is 7.33. The van der Waals surface area contributed by atoms with E-state index in [4.69, 9.17) is 20.3 Å². The molecule has 5 atom stereocenters. The standard InChI is InChI=1S/C7H15NO5/c1-12-7-4(8)6(11)5(10)3(2-9)13-7/h3-7,9-11H,2,8H2,1H3/t3?,4?,5-,6-,7-/m1/s1. The largest absolute Gasteiger partial charge is 0.394 e. The molecule has 0 bridgehead atoms. The number of aliphatic hydroxyl groups excluding tert-OH is 3. The molecule has 0 aromatic heterocycles. The molecular formula is C7H15NO5. The van der Waals surface area contributed by atoms with Gasteiger partial charge in [-0.2, -0.15) is 0 Å². The topological polar surface area (TPSA) is 105 Å². The predicted molar refractivity (Wildman–Crippen MR) is 42.7 cm³/mol. The van der Waals surface area contributed by atoms with Crippen LogP contribution in [-0.2, 0) is 9.47 Å². The van der Waals surface area contributed by atoms with Gasteiger partial charge in [0.1, 0.15) is 18.3 Å². The minimum Gasteiger partial charge on any atom is -0.394 e. The third-order valence-electron chi connectivity index (χ3n) is 2.16. The fraction of sp³-hybridized carbons (Fsp3) is 1.00. The van der Waals surface area contributed by atoms with Crippen molar-refractivity contribution < 1.29 is 24.8 Å². The van der Waals surface area contributed by atoms with Gasteiger partial charge in [0.05, 0.1) is 12.6 Å². The van der Waals surface area contributed by atoms with Crippen molar-refractivity contribution in [2.24, 2.45) is 5.73 Å². The van der Waals surface area contributed by atoms with E-state index in [1.165, 1.54) is 7.11 Å².